The number of benzene rings is 1. The lowest BCUT2D eigenvalue weighted by Crippen LogP contribution is -2.29. The van der Waals surface area contributed by atoms with Gasteiger partial charge in [-0.1, -0.05) is 23.7 Å². The summed E-state index contributed by atoms with van der Waals surface area (Å²) in [6.07, 6.45) is 0. The molecule has 2 rings (SSSR count). The number of hydrogen-bond donors (Lipinski definition) is 1. The first-order chi connectivity index (χ1) is 11.4. The second kappa shape index (κ2) is 8.17. The lowest BCUT2D eigenvalue weighted by Gasteiger charge is -2.21. The normalized spacial score (nSPS) is 11.8. The Morgan fingerprint density at radius 2 is 1.92 bits per heavy atom. The third-order valence-electron chi connectivity index (χ3n) is 3.47. The van der Waals surface area contributed by atoms with Crippen molar-refractivity contribution < 1.29 is 19.4 Å². The maximum absolute atomic E-state index is 12.5. The number of nitrogens with zero attached hydrogens (tertiary/aromatic N) is 1. The quantitative estimate of drug-likeness (QED) is 0.811. The molecule has 0 aliphatic rings. The van der Waals surface area contributed by atoms with Crippen LogP contribution >= 0.6 is 22.9 Å². The van der Waals surface area contributed by atoms with Crippen molar-refractivity contribution in [2.24, 2.45) is 0 Å². The zero-order chi connectivity index (χ0) is 17.7. The predicted octanol–water partition coefficient (Wildman–Crippen LogP) is 3.63. The van der Waals surface area contributed by atoms with Gasteiger partial charge in [-0.3, -0.25) is 4.79 Å². The van der Waals surface area contributed by atoms with E-state index in [0.717, 1.165) is 10.4 Å². The van der Waals surface area contributed by atoms with Crippen LogP contribution in [0.1, 0.15) is 23.3 Å². The molecule has 0 saturated heterocycles. The second-order valence-electron chi connectivity index (χ2n) is 5.38. The number of amides is 1. The molecule has 2 aromatic rings. The molecule has 5 nitrogen and oxygen atoms in total. The molecule has 1 aromatic carbocycles. The number of carboxylic acid groups (broad SMARTS) is 1. The number of carbonyl (C=O) groups excluding carboxylic acids is 1. The molecule has 0 fully saturated rings. The number of halogens is 1. The number of hydrogen-bond acceptors (Lipinski definition) is 4. The zero-order valence-corrected chi connectivity index (χ0v) is 14.9. The summed E-state index contributed by atoms with van der Waals surface area (Å²) in [6, 6.07) is 10.7. The van der Waals surface area contributed by atoms with Gasteiger partial charge in [0, 0.05) is 18.5 Å². The first-order valence-electron chi connectivity index (χ1n) is 7.30. The highest BCUT2D eigenvalue weighted by Crippen LogP contribution is 2.29. The van der Waals surface area contributed by atoms with Crippen molar-refractivity contribution in [2.45, 2.75) is 19.4 Å². The molecule has 1 N–H and O–H groups in total. The van der Waals surface area contributed by atoms with Gasteiger partial charge >= 0.3 is 5.97 Å². The van der Waals surface area contributed by atoms with E-state index in [9.17, 15) is 9.59 Å². The van der Waals surface area contributed by atoms with E-state index in [0.29, 0.717) is 16.6 Å². The summed E-state index contributed by atoms with van der Waals surface area (Å²) in [7, 11) is 1.75. The first kappa shape index (κ1) is 18.3. The van der Waals surface area contributed by atoms with Gasteiger partial charge in [-0.15, -0.1) is 11.3 Å². The Balaban J connectivity index is 1.94. The van der Waals surface area contributed by atoms with Crippen molar-refractivity contribution in [3.05, 3.63) is 51.2 Å². The van der Waals surface area contributed by atoms with Crippen LogP contribution in [0.15, 0.2) is 36.4 Å². The smallest absolute Gasteiger partial charge is 0.341 e. The van der Waals surface area contributed by atoms with Crippen LogP contribution in [-0.2, 0) is 16.1 Å². The third-order valence-corrected chi connectivity index (χ3v) is 4.89. The summed E-state index contributed by atoms with van der Waals surface area (Å²) < 4.78 is 5.75. The van der Waals surface area contributed by atoms with E-state index >= 15 is 0 Å². The molecular formula is C17H18ClNO4S. The van der Waals surface area contributed by atoms with Crippen molar-refractivity contribution in [1.29, 1.82) is 0 Å². The van der Waals surface area contributed by atoms with Crippen LogP contribution in [0.2, 0.25) is 4.34 Å². The first-order valence-corrected chi connectivity index (χ1v) is 8.50. The SMILES string of the molecule is CC(C(=O)N(C)Cc1ccc(OCC(=O)O)cc1)c1ccc(Cl)s1. The number of aliphatic carboxylic acids is 1. The van der Waals surface area contributed by atoms with Crippen LogP contribution in [-0.4, -0.2) is 35.5 Å². The lowest BCUT2D eigenvalue weighted by molar-refractivity contribution is -0.139. The van der Waals surface area contributed by atoms with E-state index in [1.807, 2.05) is 25.1 Å². The highest BCUT2D eigenvalue weighted by molar-refractivity contribution is 7.16. The molecule has 24 heavy (non-hydrogen) atoms. The molecule has 0 saturated carbocycles. The minimum atomic E-state index is -1.02. The Labute approximate surface area is 149 Å². The molecule has 7 heteroatoms. The Morgan fingerprint density at radius 1 is 1.25 bits per heavy atom. The van der Waals surface area contributed by atoms with E-state index < -0.39 is 5.97 Å². The molecule has 0 aliphatic carbocycles. The molecule has 0 radical (unpaired) electrons. The zero-order valence-electron chi connectivity index (χ0n) is 13.4. The summed E-state index contributed by atoms with van der Waals surface area (Å²) in [4.78, 5) is 25.6. The lowest BCUT2D eigenvalue weighted by atomic mass is 10.1. The van der Waals surface area contributed by atoms with Crippen LogP contribution in [0.25, 0.3) is 0 Å². The van der Waals surface area contributed by atoms with Crippen molar-refractivity contribution in [3.8, 4) is 5.75 Å². The predicted molar refractivity (Wildman–Crippen MR) is 93.8 cm³/mol. The maximum Gasteiger partial charge on any atom is 0.341 e. The molecule has 0 bridgehead atoms. The molecule has 1 amide bonds. The minimum Gasteiger partial charge on any atom is -0.482 e. The van der Waals surface area contributed by atoms with Crippen molar-refractivity contribution in [2.75, 3.05) is 13.7 Å². The number of carboxylic acids is 1. The van der Waals surface area contributed by atoms with Gasteiger partial charge in [-0.25, -0.2) is 4.79 Å². The number of thiophene rings is 1. The summed E-state index contributed by atoms with van der Waals surface area (Å²) in [5.74, 6) is -0.769. The molecule has 0 spiro atoms. The van der Waals surface area contributed by atoms with Crippen LogP contribution in [0.3, 0.4) is 0 Å². The largest absolute Gasteiger partial charge is 0.482 e. The summed E-state index contributed by atoms with van der Waals surface area (Å²) in [6.45, 7) is 1.95. The second-order valence-corrected chi connectivity index (χ2v) is 7.13. The van der Waals surface area contributed by atoms with Crippen LogP contribution in [0, 0.1) is 0 Å². The fourth-order valence-corrected chi connectivity index (χ4v) is 3.31. The van der Waals surface area contributed by atoms with E-state index in [1.54, 1.807) is 30.1 Å². The fraction of sp³-hybridized carbons (Fsp3) is 0.294. The standard InChI is InChI=1S/C17H18ClNO4S/c1-11(14-7-8-15(18)24-14)17(22)19(2)9-12-3-5-13(6-4-12)23-10-16(20)21/h3-8,11H,9-10H2,1-2H3,(H,20,21). The fourth-order valence-electron chi connectivity index (χ4n) is 2.20. The van der Waals surface area contributed by atoms with Gasteiger partial charge in [0.1, 0.15) is 5.75 Å². The van der Waals surface area contributed by atoms with E-state index in [4.69, 9.17) is 21.4 Å². The van der Waals surface area contributed by atoms with E-state index in [2.05, 4.69) is 0 Å². The summed E-state index contributed by atoms with van der Waals surface area (Å²) in [5, 5.41) is 8.58. The van der Waals surface area contributed by atoms with Gasteiger partial charge < -0.3 is 14.7 Å². The molecule has 1 aromatic heterocycles. The summed E-state index contributed by atoms with van der Waals surface area (Å²) in [5.41, 5.74) is 0.935. The monoisotopic (exact) mass is 367 g/mol. The van der Waals surface area contributed by atoms with Gasteiger partial charge in [0.2, 0.25) is 5.91 Å². The molecule has 1 atom stereocenters. The Kier molecular flexibility index (Phi) is 6.23. The molecule has 128 valence electrons. The van der Waals surface area contributed by atoms with Crippen LogP contribution in [0.4, 0.5) is 0 Å². The van der Waals surface area contributed by atoms with Gasteiger partial charge in [0.05, 0.1) is 10.3 Å². The van der Waals surface area contributed by atoms with Gasteiger partial charge in [-0.05, 0) is 36.8 Å². The number of ether oxygens (including phenoxy) is 1. The topological polar surface area (TPSA) is 66.8 Å². The average Bonchev–Trinajstić information content (AvgIpc) is 2.99. The van der Waals surface area contributed by atoms with Gasteiger partial charge in [0.15, 0.2) is 6.61 Å². The van der Waals surface area contributed by atoms with E-state index in [-0.39, 0.29) is 18.4 Å². The third kappa shape index (κ3) is 4.97. The molecule has 1 unspecified atom stereocenters. The van der Waals surface area contributed by atoms with Crippen LogP contribution < -0.4 is 4.74 Å². The molecule has 0 aliphatic heterocycles. The van der Waals surface area contributed by atoms with Crippen molar-refractivity contribution in [3.63, 3.8) is 0 Å². The Morgan fingerprint density at radius 3 is 2.46 bits per heavy atom. The number of likely N-dealkylation sites (N-methyl/N-ethyl adjacent to an activating group) is 1. The maximum atomic E-state index is 12.5. The van der Waals surface area contributed by atoms with Crippen molar-refractivity contribution >= 4 is 34.8 Å². The van der Waals surface area contributed by atoms with Crippen LogP contribution in [0.5, 0.6) is 5.75 Å². The molecular weight excluding hydrogens is 350 g/mol. The van der Waals surface area contributed by atoms with Gasteiger partial charge in [0.25, 0.3) is 0 Å². The van der Waals surface area contributed by atoms with Crippen molar-refractivity contribution in [1.82, 2.24) is 4.90 Å². The molecule has 1 heterocycles. The van der Waals surface area contributed by atoms with Gasteiger partial charge in [-0.2, -0.15) is 0 Å². The minimum absolute atomic E-state index is 0.0136. The highest BCUT2D eigenvalue weighted by Gasteiger charge is 2.21. The number of carbonyl (C=O) groups is 2. The highest BCUT2D eigenvalue weighted by atomic mass is 35.5. The summed E-state index contributed by atoms with van der Waals surface area (Å²) >= 11 is 7.33. The Bertz CT molecular complexity index is 714. The average molecular weight is 368 g/mol. The number of rotatable bonds is 7. The van der Waals surface area contributed by atoms with E-state index in [1.165, 1.54) is 11.3 Å². The Hall–Kier alpha value is -2.05.